The molecule has 80 valence electrons. The summed E-state index contributed by atoms with van der Waals surface area (Å²) in [4.78, 5) is 2.31. The van der Waals surface area contributed by atoms with Crippen molar-refractivity contribution in [3.63, 3.8) is 0 Å². The van der Waals surface area contributed by atoms with Crippen molar-refractivity contribution in [1.82, 2.24) is 4.90 Å². The Hall–Kier alpha value is -0.0800. The first-order valence-corrected chi connectivity index (χ1v) is 5.33. The Bertz CT molecular complexity index is 129. The van der Waals surface area contributed by atoms with Crippen molar-refractivity contribution in [2.24, 2.45) is 5.92 Å². The third-order valence-corrected chi connectivity index (χ3v) is 2.32. The van der Waals surface area contributed by atoms with E-state index in [1.807, 2.05) is 13.8 Å². The summed E-state index contributed by atoms with van der Waals surface area (Å²) >= 11 is 0. The first-order valence-electron chi connectivity index (χ1n) is 5.33. The molecule has 0 saturated carbocycles. The molecule has 0 spiro atoms. The summed E-state index contributed by atoms with van der Waals surface area (Å²) in [5, 5.41) is 9.66. The molecule has 0 rings (SSSR count). The van der Waals surface area contributed by atoms with Gasteiger partial charge in [0.15, 0.2) is 0 Å². The molecule has 0 aromatic heterocycles. The quantitative estimate of drug-likeness (QED) is 0.688. The first kappa shape index (κ1) is 12.9. The topological polar surface area (TPSA) is 23.5 Å². The van der Waals surface area contributed by atoms with Crippen LogP contribution < -0.4 is 0 Å². The Balaban J connectivity index is 3.89. The van der Waals surface area contributed by atoms with Crippen LogP contribution in [0.5, 0.6) is 0 Å². The third-order valence-electron chi connectivity index (χ3n) is 2.32. The van der Waals surface area contributed by atoms with Gasteiger partial charge < -0.3 is 10.0 Å². The van der Waals surface area contributed by atoms with E-state index in [4.69, 9.17) is 0 Å². The molecule has 0 saturated heterocycles. The van der Waals surface area contributed by atoms with Gasteiger partial charge in [-0.1, -0.05) is 27.2 Å². The lowest BCUT2D eigenvalue weighted by Gasteiger charge is -2.29. The standard InChI is InChI=1S/C11H25NO/c1-6-10(3)8-12(7-2)9-11(4,5)13/h10,13H,6-9H2,1-5H3. The molecule has 0 aliphatic carbocycles. The van der Waals surface area contributed by atoms with Crippen LogP contribution in [0.3, 0.4) is 0 Å². The number of hydrogen-bond acceptors (Lipinski definition) is 2. The zero-order valence-electron chi connectivity index (χ0n) is 9.80. The van der Waals surface area contributed by atoms with E-state index in [0.717, 1.165) is 25.6 Å². The van der Waals surface area contributed by atoms with Crippen molar-refractivity contribution in [1.29, 1.82) is 0 Å². The zero-order valence-corrected chi connectivity index (χ0v) is 9.80. The van der Waals surface area contributed by atoms with Gasteiger partial charge in [0.1, 0.15) is 0 Å². The molecule has 0 aliphatic heterocycles. The monoisotopic (exact) mass is 187 g/mol. The van der Waals surface area contributed by atoms with E-state index < -0.39 is 5.60 Å². The van der Waals surface area contributed by atoms with Gasteiger partial charge in [-0.2, -0.15) is 0 Å². The summed E-state index contributed by atoms with van der Waals surface area (Å²) in [5.41, 5.74) is -0.566. The maximum absolute atomic E-state index is 9.66. The second-order valence-electron chi connectivity index (χ2n) is 4.65. The highest BCUT2D eigenvalue weighted by Gasteiger charge is 2.17. The molecule has 0 bridgehead atoms. The highest BCUT2D eigenvalue weighted by Crippen LogP contribution is 2.09. The van der Waals surface area contributed by atoms with Crippen LogP contribution in [0.25, 0.3) is 0 Å². The van der Waals surface area contributed by atoms with Gasteiger partial charge in [-0.3, -0.25) is 0 Å². The second kappa shape index (κ2) is 5.61. The molecule has 0 aliphatic rings. The average Bonchev–Trinajstić information content (AvgIpc) is 2.00. The van der Waals surface area contributed by atoms with Gasteiger partial charge in [0.2, 0.25) is 0 Å². The Labute approximate surface area is 82.9 Å². The van der Waals surface area contributed by atoms with Gasteiger partial charge in [0.05, 0.1) is 5.60 Å². The van der Waals surface area contributed by atoms with Gasteiger partial charge in [-0.15, -0.1) is 0 Å². The molecule has 2 heteroatoms. The van der Waals surface area contributed by atoms with Gasteiger partial charge in [-0.05, 0) is 26.3 Å². The number of aliphatic hydroxyl groups is 1. The summed E-state index contributed by atoms with van der Waals surface area (Å²) in [7, 11) is 0. The molecule has 1 N–H and O–H groups in total. The van der Waals surface area contributed by atoms with Crippen LogP contribution in [-0.4, -0.2) is 35.2 Å². The minimum atomic E-state index is -0.566. The van der Waals surface area contributed by atoms with E-state index in [1.54, 1.807) is 0 Å². The van der Waals surface area contributed by atoms with Crippen LogP contribution in [0.15, 0.2) is 0 Å². The molecule has 0 aromatic rings. The van der Waals surface area contributed by atoms with Crippen LogP contribution in [0.1, 0.15) is 41.0 Å². The first-order chi connectivity index (χ1) is 5.89. The SMILES string of the molecule is CCC(C)CN(CC)CC(C)(C)O. The van der Waals surface area contributed by atoms with Crippen LogP contribution in [-0.2, 0) is 0 Å². The normalized spacial score (nSPS) is 15.0. The molecular formula is C11H25NO. The van der Waals surface area contributed by atoms with Gasteiger partial charge in [0, 0.05) is 13.1 Å². The molecule has 0 heterocycles. The Morgan fingerprint density at radius 1 is 1.31 bits per heavy atom. The smallest absolute Gasteiger partial charge is 0.0718 e. The predicted molar refractivity (Wildman–Crippen MR) is 57.9 cm³/mol. The van der Waals surface area contributed by atoms with Crippen LogP contribution in [0.4, 0.5) is 0 Å². The van der Waals surface area contributed by atoms with Crippen molar-refractivity contribution in [3.8, 4) is 0 Å². The lowest BCUT2D eigenvalue weighted by molar-refractivity contribution is 0.0335. The van der Waals surface area contributed by atoms with Crippen LogP contribution in [0.2, 0.25) is 0 Å². The molecule has 1 atom stereocenters. The van der Waals surface area contributed by atoms with Gasteiger partial charge in [-0.25, -0.2) is 0 Å². The third kappa shape index (κ3) is 7.03. The fourth-order valence-electron chi connectivity index (χ4n) is 1.42. The molecule has 1 unspecified atom stereocenters. The number of hydrogen-bond donors (Lipinski definition) is 1. The molecule has 13 heavy (non-hydrogen) atoms. The van der Waals surface area contributed by atoms with E-state index in [1.165, 1.54) is 6.42 Å². The summed E-state index contributed by atoms with van der Waals surface area (Å²) < 4.78 is 0. The van der Waals surface area contributed by atoms with Crippen molar-refractivity contribution in [2.45, 2.75) is 46.6 Å². The second-order valence-corrected chi connectivity index (χ2v) is 4.65. The van der Waals surface area contributed by atoms with Crippen molar-refractivity contribution >= 4 is 0 Å². The lowest BCUT2D eigenvalue weighted by Crippen LogP contribution is -2.40. The molecular weight excluding hydrogens is 162 g/mol. The molecule has 0 aromatic carbocycles. The average molecular weight is 187 g/mol. The Morgan fingerprint density at radius 3 is 2.15 bits per heavy atom. The van der Waals surface area contributed by atoms with E-state index in [2.05, 4.69) is 25.7 Å². The summed E-state index contributed by atoms with van der Waals surface area (Å²) in [6.45, 7) is 13.2. The van der Waals surface area contributed by atoms with Gasteiger partial charge >= 0.3 is 0 Å². The van der Waals surface area contributed by atoms with Crippen molar-refractivity contribution < 1.29 is 5.11 Å². The highest BCUT2D eigenvalue weighted by atomic mass is 16.3. The van der Waals surface area contributed by atoms with E-state index in [-0.39, 0.29) is 0 Å². The van der Waals surface area contributed by atoms with Crippen LogP contribution >= 0.6 is 0 Å². The zero-order chi connectivity index (χ0) is 10.5. The van der Waals surface area contributed by atoms with Crippen molar-refractivity contribution in [2.75, 3.05) is 19.6 Å². The van der Waals surface area contributed by atoms with E-state index in [0.29, 0.717) is 0 Å². The number of nitrogens with zero attached hydrogens (tertiary/aromatic N) is 1. The van der Waals surface area contributed by atoms with Crippen molar-refractivity contribution in [3.05, 3.63) is 0 Å². The Morgan fingerprint density at radius 2 is 1.85 bits per heavy atom. The number of rotatable bonds is 6. The lowest BCUT2D eigenvalue weighted by atomic mass is 10.1. The molecule has 0 fully saturated rings. The minimum Gasteiger partial charge on any atom is -0.389 e. The number of likely N-dealkylation sites (N-methyl/N-ethyl adjacent to an activating group) is 1. The Kier molecular flexibility index (Phi) is 5.57. The maximum atomic E-state index is 9.66. The predicted octanol–water partition coefficient (Wildman–Crippen LogP) is 2.13. The maximum Gasteiger partial charge on any atom is 0.0718 e. The molecule has 0 amide bonds. The summed E-state index contributed by atoms with van der Waals surface area (Å²) in [6.07, 6.45) is 1.21. The minimum absolute atomic E-state index is 0.566. The van der Waals surface area contributed by atoms with Crippen LogP contribution in [0, 0.1) is 5.92 Å². The fourth-order valence-corrected chi connectivity index (χ4v) is 1.42. The fraction of sp³-hybridized carbons (Fsp3) is 1.00. The van der Waals surface area contributed by atoms with Gasteiger partial charge in [0.25, 0.3) is 0 Å². The van der Waals surface area contributed by atoms with E-state index >= 15 is 0 Å². The summed E-state index contributed by atoms with van der Waals surface area (Å²) in [5.74, 6) is 0.724. The highest BCUT2D eigenvalue weighted by molar-refractivity contribution is 4.72. The molecule has 0 radical (unpaired) electrons. The summed E-state index contributed by atoms with van der Waals surface area (Å²) in [6, 6.07) is 0. The molecule has 2 nitrogen and oxygen atoms in total. The largest absolute Gasteiger partial charge is 0.389 e. The van der Waals surface area contributed by atoms with E-state index in [9.17, 15) is 5.11 Å².